The summed E-state index contributed by atoms with van der Waals surface area (Å²) in [6, 6.07) is 5.31. The molecule has 2 nitrogen and oxygen atoms in total. The van der Waals surface area contributed by atoms with E-state index < -0.39 is 5.82 Å². The lowest BCUT2D eigenvalue weighted by Gasteiger charge is -2.08. The number of ether oxygens (including phenoxy) is 1. The van der Waals surface area contributed by atoms with Crippen molar-refractivity contribution in [3.63, 3.8) is 0 Å². The summed E-state index contributed by atoms with van der Waals surface area (Å²) in [5, 5.41) is 3.76. The van der Waals surface area contributed by atoms with E-state index in [0.29, 0.717) is 11.6 Å². The van der Waals surface area contributed by atoms with Gasteiger partial charge in [0.1, 0.15) is 0 Å². The fourth-order valence-electron chi connectivity index (χ4n) is 1.62. The highest BCUT2D eigenvalue weighted by Crippen LogP contribution is 2.27. The number of halogens is 2. The Bertz CT molecular complexity index is 348. The molecule has 4 heteroatoms. The first-order valence-electron chi connectivity index (χ1n) is 6.07. The van der Waals surface area contributed by atoms with E-state index in [0.717, 1.165) is 25.4 Å². The third-order valence-corrected chi connectivity index (χ3v) is 3.04. The number of hydrogen-bond donors (Lipinski definition) is 1. The number of benzene rings is 1. The van der Waals surface area contributed by atoms with Crippen LogP contribution in [-0.2, 0) is 0 Å². The molecule has 2 rings (SSSR count). The van der Waals surface area contributed by atoms with Gasteiger partial charge in [-0.1, -0.05) is 17.7 Å². The normalized spacial score (nSPS) is 14.9. The molecule has 0 bridgehead atoms. The van der Waals surface area contributed by atoms with E-state index in [9.17, 15) is 4.39 Å². The van der Waals surface area contributed by atoms with Crippen LogP contribution >= 0.6 is 11.6 Å². The Morgan fingerprint density at radius 1 is 1.35 bits per heavy atom. The molecule has 1 aliphatic carbocycles. The average Bonchev–Trinajstić information content (AvgIpc) is 3.10. The van der Waals surface area contributed by atoms with Gasteiger partial charge in [0.05, 0.1) is 11.6 Å². The molecule has 1 aromatic carbocycles. The van der Waals surface area contributed by atoms with Crippen LogP contribution < -0.4 is 10.1 Å². The molecule has 0 aromatic heterocycles. The number of para-hydroxylation sites is 1. The molecule has 0 spiro atoms. The van der Waals surface area contributed by atoms with Crippen LogP contribution in [0.3, 0.4) is 0 Å². The maximum Gasteiger partial charge on any atom is 0.173 e. The summed E-state index contributed by atoms with van der Waals surface area (Å²) in [7, 11) is 0. The zero-order valence-electron chi connectivity index (χ0n) is 9.72. The predicted octanol–water partition coefficient (Wildman–Crippen LogP) is 3.39. The molecule has 0 unspecified atom stereocenters. The van der Waals surface area contributed by atoms with Crippen molar-refractivity contribution in [1.82, 2.24) is 5.32 Å². The van der Waals surface area contributed by atoms with Gasteiger partial charge in [-0.25, -0.2) is 4.39 Å². The minimum Gasteiger partial charge on any atom is -0.489 e. The quantitative estimate of drug-likeness (QED) is 0.756. The van der Waals surface area contributed by atoms with Gasteiger partial charge in [0.2, 0.25) is 0 Å². The van der Waals surface area contributed by atoms with E-state index in [4.69, 9.17) is 16.3 Å². The highest BCUT2D eigenvalue weighted by Gasteiger charge is 2.19. The fourth-order valence-corrected chi connectivity index (χ4v) is 1.83. The molecular weight excluding hydrogens is 241 g/mol. The number of rotatable bonds is 7. The Balaban J connectivity index is 1.63. The second-order valence-corrected chi connectivity index (χ2v) is 4.74. The van der Waals surface area contributed by atoms with Gasteiger partial charge in [0.25, 0.3) is 0 Å². The summed E-state index contributed by atoms with van der Waals surface area (Å²) < 4.78 is 18.7. The molecule has 1 aliphatic rings. The maximum absolute atomic E-state index is 13.3. The van der Waals surface area contributed by atoms with Gasteiger partial charge in [0, 0.05) is 6.04 Å². The SMILES string of the molecule is Fc1cccc(Cl)c1OCCCCNC1CC1. The van der Waals surface area contributed by atoms with Gasteiger partial charge >= 0.3 is 0 Å². The lowest BCUT2D eigenvalue weighted by molar-refractivity contribution is 0.291. The van der Waals surface area contributed by atoms with E-state index in [1.54, 1.807) is 12.1 Å². The minimum atomic E-state index is -0.395. The predicted molar refractivity (Wildman–Crippen MR) is 67.2 cm³/mol. The van der Waals surface area contributed by atoms with Crippen LogP contribution in [0.1, 0.15) is 25.7 Å². The van der Waals surface area contributed by atoms with Gasteiger partial charge in [-0.2, -0.15) is 0 Å². The second-order valence-electron chi connectivity index (χ2n) is 4.33. The first-order valence-corrected chi connectivity index (χ1v) is 6.45. The van der Waals surface area contributed by atoms with Crippen LogP contribution in [0.15, 0.2) is 18.2 Å². The zero-order chi connectivity index (χ0) is 12.1. The summed E-state index contributed by atoms with van der Waals surface area (Å²) >= 11 is 5.84. The first-order chi connectivity index (χ1) is 8.27. The van der Waals surface area contributed by atoms with E-state index in [-0.39, 0.29) is 5.75 Å². The highest BCUT2D eigenvalue weighted by atomic mass is 35.5. The second kappa shape index (κ2) is 6.22. The van der Waals surface area contributed by atoms with Crippen LogP contribution in [0.25, 0.3) is 0 Å². The Morgan fingerprint density at radius 2 is 2.18 bits per heavy atom. The lowest BCUT2D eigenvalue weighted by atomic mass is 10.3. The van der Waals surface area contributed by atoms with E-state index in [2.05, 4.69) is 5.32 Å². The molecule has 94 valence electrons. The molecule has 1 N–H and O–H groups in total. The third kappa shape index (κ3) is 4.17. The van der Waals surface area contributed by atoms with Crippen LogP contribution in [0.4, 0.5) is 4.39 Å². The molecular formula is C13H17ClFNO. The maximum atomic E-state index is 13.3. The molecule has 0 heterocycles. The largest absolute Gasteiger partial charge is 0.489 e. The smallest absolute Gasteiger partial charge is 0.173 e. The summed E-state index contributed by atoms with van der Waals surface area (Å²) in [5.41, 5.74) is 0. The molecule has 1 aromatic rings. The van der Waals surface area contributed by atoms with Crippen molar-refractivity contribution in [2.24, 2.45) is 0 Å². The fraction of sp³-hybridized carbons (Fsp3) is 0.538. The Hall–Kier alpha value is -0.800. The average molecular weight is 258 g/mol. The van der Waals surface area contributed by atoms with Gasteiger partial charge in [-0.3, -0.25) is 0 Å². The van der Waals surface area contributed by atoms with Crippen molar-refractivity contribution in [3.05, 3.63) is 29.0 Å². The Morgan fingerprint density at radius 3 is 2.88 bits per heavy atom. The number of hydrogen-bond acceptors (Lipinski definition) is 2. The highest BCUT2D eigenvalue weighted by molar-refractivity contribution is 6.32. The first kappa shape index (κ1) is 12.7. The molecule has 1 fully saturated rings. The lowest BCUT2D eigenvalue weighted by Crippen LogP contribution is -2.18. The van der Waals surface area contributed by atoms with Crippen LogP contribution in [0.5, 0.6) is 5.75 Å². The number of nitrogens with one attached hydrogen (secondary N) is 1. The standard InChI is InChI=1S/C13H17ClFNO/c14-11-4-3-5-12(15)13(11)17-9-2-1-8-16-10-6-7-10/h3-5,10,16H,1-2,6-9H2. The Kier molecular flexibility index (Phi) is 4.63. The van der Waals surface area contributed by atoms with Gasteiger partial charge < -0.3 is 10.1 Å². The van der Waals surface area contributed by atoms with Crippen molar-refractivity contribution < 1.29 is 9.13 Å². The summed E-state index contributed by atoms with van der Waals surface area (Å²) in [5.74, 6) is -0.224. The van der Waals surface area contributed by atoms with Crippen LogP contribution in [0, 0.1) is 5.82 Å². The zero-order valence-corrected chi connectivity index (χ0v) is 10.5. The molecule has 0 saturated heterocycles. The van der Waals surface area contributed by atoms with Gasteiger partial charge in [-0.15, -0.1) is 0 Å². The van der Waals surface area contributed by atoms with E-state index >= 15 is 0 Å². The summed E-state index contributed by atoms with van der Waals surface area (Å²) in [6.07, 6.45) is 4.57. The van der Waals surface area contributed by atoms with Crippen LogP contribution in [-0.4, -0.2) is 19.2 Å². The van der Waals surface area contributed by atoms with Gasteiger partial charge in [0.15, 0.2) is 11.6 Å². The molecule has 0 atom stereocenters. The van der Waals surface area contributed by atoms with E-state index in [1.165, 1.54) is 18.9 Å². The Labute approximate surface area is 106 Å². The molecule has 0 radical (unpaired) electrons. The molecule has 0 amide bonds. The molecule has 0 aliphatic heterocycles. The monoisotopic (exact) mass is 257 g/mol. The molecule has 1 saturated carbocycles. The van der Waals surface area contributed by atoms with Gasteiger partial charge in [-0.05, 0) is 44.4 Å². The van der Waals surface area contributed by atoms with Crippen molar-refractivity contribution in [1.29, 1.82) is 0 Å². The van der Waals surface area contributed by atoms with Crippen LogP contribution in [0.2, 0.25) is 5.02 Å². The van der Waals surface area contributed by atoms with Crippen molar-refractivity contribution in [2.75, 3.05) is 13.2 Å². The number of unbranched alkanes of at least 4 members (excludes halogenated alkanes) is 1. The minimum absolute atomic E-state index is 0.171. The van der Waals surface area contributed by atoms with E-state index in [1.807, 2.05) is 0 Å². The summed E-state index contributed by atoms with van der Waals surface area (Å²) in [6.45, 7) is 1.52. The molecule has 17 heavy (non-hydrogen) atoms. The van der Waals surface area contributed by atoms with Crippen molar-refractivity contribution in [3.8, 4) is 5.75 Å². The topological polar surface area (TPSA) is 21.3 Å². The summed E-state index contributed by atoms with van der Waals surface area (Å²) in [4.78, 5) is 0. The third-order valence-electron chi connectivity index (χ3n) is 2.75. The van der Waals surface area contributed by atoms with Crippen molar-refractivity contribution >= 4 is 11.6 Å². The van der Waals surface area contributed by atoms with Crippen molar-refractivity contribution in [2.45, 2.75) is 31.7 Å².